The minimum atomic E-state index is 0.798. The van der Waals surface area contributed by atoms with Crippen LogP contribution in [0.3, 0.4) is 0 Å². The Morgan fingerprint density at radius 1 is 0.886 bits per heavy atom. The van der Waals surface area contributed by atoms with Crippen molar-refractivity contribution < 1.29 is 9.47 Å². The highest BCUT2D eigenvalue weighted by Crippen LogP contribution is 2.25. The molecular weight excluding hydrogens is 436 g/mol. The van der Waals surface area contributed by atoms with E-state index in [1.54, 1.807) is 7.11 Å². The number of anilines is 2. The normalized spacial score (nSPS) is 16.4. The zero-order chi connectivity index (χ0) is 23.9. The standard InChI is InChI=1S/C29H36N4O2/c1-34-29-6-4-5-25(19-29)22-33(21-24-7-9-27(10-8-24)32-13-2-3-14-32)28-11-12-30-26(20-28)23-31-15-17-35-18-16-31/h4-12,19-20H,2-3,13-18,21-23H2,1H3. The molecule has 0 aliphatic carbocycles. The molecule has 1 aromatic heterocycles. The number of nitrogens with zero attached hydrogens (tertiary/aromatic N) is 4. The predicted octanol–water partition coefficient (Wildman–Crippen LogP) is 4.73. The van der Waals surface area contributed by atoms with Crippen LogP contribution in [0.2, 0.25) is 0 Å². The zero-order valence-corrected chi connectivity index (χ0v) is 20.7. The van der Waals surface area contributed by atoms with Gasteiger partial charge in [0.25, 0.3) is 0 Å². The first-order chi connectivity index (χ1) is 17.3. The SMILES string of the molecule is COc1cccc(CN(Cc2ccc(N3CCCC3)cc2)c2ccnc(CN3CCOCC3)c2)c1. The van der Waals surface area contributed by atoms with E-state index >= 15 is 0 Å². The molecule has 2 aromatic carbocycles. The van der Waals surface area contributed by atoms with Crippen molar-refractivity contribution in [2.45, 2.75) is 32.5 Å². The van der Waals surface area contributed by atoms with Crippen LogP contribution in [0.5, 0.6) is 5.75 Å². The molecule has 6 heteroatoms. The lowest BCUT2D eigenvalue weighted by Crippen LogP contribution is -2.35. The maximum absolute atomic E-state index is 5.51. The number of aromatic nitrogens is 1. The van der Waals surface area contributed by atoms with E-state index in [-0.39, 0.29) is 0 Å². The molecule has 0 N–H and O–H groups in total. The van der Waals surface area contributed by atoms with Gasteiger partial charge in [0.05, 0.1) is 26.0 Å². The van der Waals surface area contributed by atoms with E-state index < -0.39 is 0 Å². The maximum atomic E-state index is 5.51. The van der Waals surface area contributed by atoms with Gasteiger partial charge in [-0.15, -0.1) is 0 Å². The van der Waals surface area contributed by atoms with Crippen molar-refractivity contribution in [1.82, 2.24) is 9.88 Å². The average Bonchev–Trinajstić information content (AvgIpc) is 3.45. The summed E-state index contributed by atoms with van der Waals surface area (Å²) >= 11 is 0. The minimum absolute atomic E-state index is 0.798. The second-order valence-corrected chi connectivity index (χ2v) is 9.46. The van der Waals surface area contributed by atoms with E-state index in [2.05, 4.69) is 74.3 Å². The molecule has 0 atom stereocenters. The Bertz CT molecular complexity index is 1080. The van der Waals surface area contributed by atoms with E-state index in [1.807, 2.05) is 12.3 Å². The molecule has 2 saturated heterocycles. The van der Waals surface area contributed by atoms with E-state index in [0.717, 1.165) is 57.4 Å². The molecule has 0 unspecified atom stereocenters. The van der Waals surface area contributed by atoms with Crippen LogP contribution >= 0.6 is 0 Å². The van der Waals surface area contributed by atoms with Crippen molar-refractivity contribution in [3.05, 3.63) is 83.7 Å². The van der Waals surface area contributed by atoms with Crippen LogP contribution < -0.4 is 14.5 Å². The topological polar surface area (TPSA) is 41.1 Å². The van der Waals surface area contributed by atoms with Gasteiger partial charge < -0.3 is 19.3 Å². The molecule has 0 spiro atoms. The van der Waals surface area contributed by atoms with Crippen molar-refractivity contribution in [3.63, 3.8) is 0 Å². The first-order valence-electron chi connectivity index (χ1n) is 12.7. The van der Waals surface area contributed by atoms with Crippen molar-refractivity contribution >= 4 is 11.4 Å². The van der Waals surface area contributed by atoms with Crippen LogP contribution in [0.4, 0.5) is 11.4 Å². The number of benzene rings is 2. The molecule has 0 amide bonds. The number of rotatable bonds is 9. The number of ether oxygens (including phenoxy) is 2. The summed E-state index contributed by atoms with van der Waals surface area (Å²) in [7, 11) is 1.72. The summed E-state index contributed by atoms with van der Waals surface area (Å²) < 4.78 is 11.0. The van der Waals surface area contributed by atoms with Gasteiger partial charge in [-0.3, -0.25) is 9.88 Å². The summed E-state index contributed by atoms with van der Waals surface area (Å²) in [5.41, 5.74) is 6.16. The monoisotopic (exact) mass is 472 g/mol. The Morgan fingerprint density at radius 3 is 2.43 bits per heavy atom. The molecule has 2 aliphatic rings. The van der Waals surface area contributed by atoms with Gasteiger partial charge in [0, 0.05) is 63.4 Å². The Morgan fingerprint density at radius 2 is 1.66 bits per heavy atom. The number of hydrogen-bond acceptors (Lipinski definition) is 6. The maximum Gasteiger partial charge on any atom is 0.119 e. The fraction of sp³-hybridized carbons (Fsp3) is 0.414. The molecule has 0 bridgehead atoms. The minimum Gasteiger partial charge on any atom is -0.497 e. The van der Waals surface area contributed by atoms with Gasteiger partial charge in [-0.25, -0.2) is 0 Å². The smallest absolute Gasteiger partial charge is 0.119 e. The molecule has 3 heterocycles. The van der Waals surface area contributed by atoms with Gasteiger partial charge in [0.2, 0.25) is 0 Å². The van der Waals surface area contributed by atoms with Crippen LogP contribution in [0.15, 0.2) is 66.9 Å². The van der Waals surface area contributed by atoms with E-state index in [9.17, 15) is 0 Å². The molecule has 2 fully saturated rings. The van der Waals surface area contributed by atoms with Crippen LogP contribution in [0, 0.1) is 0 Å². The van der Waals surface area contributed by atoms with Crippen molar-refractivity contribution in [1.29, 1.82) is 0 Å². The summed E-state index contributed by atoms with van der Waals surface area (Å²) in [5.74, 6) is 0.889. The Kier molecular flexibility index (Phi) is 7.81. The molecule has 35 heavy (non-hydrogen) atoms. The van der Waals surface area contributed by atoms with Crippen LogP contribution in [-0.2, 0) is 24.4 Å². The Hall–Kier alpha value is -3.09. The van der Waals surface area contributed by atoms with Gasteiger partial charge >= 0.3 is 0 Å². The highest BCUT2D eigenvalue weighted by molar-refractivity contribution is 5.51. The lowest BCUT2D eigenvalue weighted by molar-refractivity contribution is 0.0336. The first-order valence-corrected chi connectivity index (χ1v) is 12.7. The molecule has 5 rings (SSSR count). The largest absolute Gasteiger partial charge is 0.497 e. The Labute approximate surface area is 209 Å². The van der Waals surface area contributed by atoms with E-state index in [0.29, 0.717) is 0 Å². The van der Waals surface area contributed by atoms with Crippen LogP contribution in [-0.4, -0.2) is 56.4 Å². The summed E-state index contributed by atoms with van der Waals surface area (Å²) in [4.78, 5) is 12.0. The quantitative estimate of drug-likeness (QED) is 0.449. The van der Waals surface area contributed by atoms with Crippen molar-refractivity contribution in [3.8, 4) is 5.75 Å². The summed E-state index contributed by atoms with van der Waals surface area (Å²) in [6, 6.07) is 21.8. The second kappa shape index (κ2) is 11.6. The van der Waals surface area contributed by atoms with Crippen molar-refractivity contribution in [2.75, 3.05) is 56.3 Å². The molecule has 184 valence electrons. The van der Waals surface area contributed by atoms with E-state index in [1.165, 1.54) is 48.4 Å². The van der Waals surface area contributed by atoms with Gasteiger partial charge in [-0.05, 0) is 60.4 Å². The molecule has 3 aromatic rings. The molecule has 2 aliphatic heterocycles. The highest BCUT2D eigenvalue weighted by atomic mass is 16.5. The lowest BCUT2D eigenvalue weighted by Gasteiger charge is -2.28. The van der Waals surface area contributed by atoms with Gasteiger partial charge in [0.1, 0.15) is 5.75 Å². The van der Waals surface area contributed by atoms with Crippen LogP contribution in [0.1, 0.15) is 29.7 Å². The second-order valence-electron chi connectivity index (χ2n) is 9.46. The third kappa shape index (κ3) is 6.32. The number of pyridine rings is 1. The number of morpholine rings is 1. The molecule has 0 saturated carbocycles. The average molecular weight is 473 g/mol. The summed E-state index contributed by atoms with van der Waals surface area (Å²) in [5, 5.41) is 0. The fourth-order valence-corrected chi connectivity index (χ4v) is 4.97. The van der Waals surface area contributed by atoms with Gasteiger partial charge in [0.15, 0.2) is 0 Å². The predicted molar refractivity (Wildman–Crippen MR) is 141 cm³/mol. The van der Waals surface area contributed by atoms with Crippen molar-refractivity contribution in [2.24, 2.45) is 0 Å². The van der Waals surface area contributed by atoms with Gasteiger partial charge in [-0.2, -0.15) is 0 Å². The van der Waals surface area contributed by atoms with E-state index in [4.69, 9.17) is 9.47 Å². The Balaban J connectivity index is 1.36. The van der Waals surface area contributed by atoms with Crippen LogP contribution in [0.25, 0.3) is 0 Å². The molecule has 0 radical (unpaired) electrons. The summed E-state index contributed by atoms with van der Waals surface area (Å²) in [6.45, 7) is 8.35. The first kappa shape index (κ1) is 23.6. The highest BCUT2D eigenvalue weighted by Gasteiger charge is 2.15. The lowest BCUT2D eigenvalue weighted by atomic mass is 10.1. The molecular formula is C29H36N4O2. The third-order valence-electron chi connectivity index (χ3n) is 6.94. The van der Waals surface area contributed by atoms with Gasteiger partial charge in [-0.1, -0.05) is 24.3 Å². The fourth-order valence-electron chi connectivity index (χ4n) is 4.97. The summed E-state index contributed by atoms with van der Waals surface area (Å²) in [6.07, 6.45) is 4.54. The number of hydrogen-bond donors (Lipinski definition) is 0. The molecule has 6 nitrogen and oxygen atoms in total. The number of methoxy groups -OCH3 is 1. The zero-order valence-electron chi connectivity index (χ0n) is 20.7. The third-order valence-corrected chi connectivity index (χ3v) is 6.94.